The first-order chi connectivity index (χ1) is 5.06. The van der Waals surface area contributed by atoms with Crippen LogP contribution in [0.1, 0.15) is 13.3 Å². The Labute approximate surface area is 65.6 Å². The summed E-state index contributed by atoms with van der Waals surface area (Å²) in [6, 6.07) is 1.16. The van der Waals surface area contributed by atoms with Crippen LogP contribution in [0.4, 0.5) is 0 Å². The van der Waals surface area contributed by atoms with Gasteiger partial charge in [0, 0.05) is 13.0 Å². The maximum Gasteiger partial charge on any atom is 0.320 e. The molecule has 1 atom stereocenters. The average Bonchev–Trinajstić information content (AvgIpc) is 1.90. The third-order valence-corrected chi connectivity index (χ3v) is 0.646. The third kappa shape index (κ3) is 17.7. The number of nitrogens with two attached hydrogens (primary N) is 2. The highest BCUT2D eigenvalue weighted by molar-refractivity contribution is 5.72. The molecule has 0 fully saturated rings. The summed E-state index contributed by atoms with van der Waals surface area (Å²) in [5, 5.41) is 15.6. The summed E-state index contributed by atoms with van der Waals surface area (Å²) in [6.45, 7) is 1.90. The molecule has 0 rings (SSSR count). The van der Waals surface area contributed by atoms with Gasteiger partial charge in [-0.3, -0.25) is 4.79 Å². The van der Waals surface area contributed by atoms with Gasteiger partial charge < -0.3 is 16.6 Å². The zero-order valence-corrected chi connectivity index (χ0v) is 6.45. The first kappa shape index (κ1) is 12.5. The Bertz CT molecular complexity index is 139. The van der Waals surface area contributed by atoms with Crippen LogP contribution < -0.4 is 11.5 Å². The lowest BCUT2D eigenvalue weighted by Gasteiger charge is -1.90. The van der Waals surface area contributed by atoms with Gasteiger partial charge in [-0.15, -0.1) is 0 Å². The van der Waals surface area contributed by atoms with E-state index in [4.69, 9.17) is 21.8 Å². The van der Waals surface area contributed by atoms with Gasteiger partial charge in [-0.25, -0.2) is 0 Å². The fourth-order valence-corrected chi connectivity index (χ4v) is 0.0645. The first-order valence-electron chi connectivity index (χ1n) is 3.11. The standard InChI is InChI=1S/C3H6N2.C3H7NO2/c4-2-1-3-5;1-2(4)3(5)6/h1-2,4H2;2H,4H2,1H3,(H,5,6). The lowest BCUT2D eigenvalue weighted by atomic mass is 10.4. The van der Waals surface area contributed by atoms with E-state index < -0.39 is 12.0 Å². The number of aliphatic carboxylic acids is 1. The molecule has 0 saturated heterocycles. The van der Waals surface area contributed by atoms with Crippen molar-refractivity contribution in [3.8, 4) is 6.07 Å². The van der Waals surface area contributed by atoms with E-state index in [0.717, 1.165) is 0 Å². The Morgan fingerprint density at radius 3 is 2.18 bits per heavy atom. The van der Waals surface area contributed by atoms with Crippen molar-refractivity contribution in [3.05, 3.63) is 0 Å². The van der Waals surface area contributed by atoms with Crippen molar-refractivity contribution in [2.24, 2.45) is 11.5 Å². The molecule has 0 aromatic rings. The van der Waals surface area contributed by atoms with E-state index in [9.17, 15) is 4.79 Å². The molecule has 0 aliphatic carbocycles. The molecule has 0 heterocycles. The van der Waals surface area contributed by atoms with Crippen LogP contribution in [0, 0.1) is 11.3 Å². The summed E-state index contributed by atoms with van der Waals surface area (Å²) in [6.07, 6.45) is 0.472. The highest BCUT2D eigenvalue weighted by Gasteiger charge is 1.99. The van der Waals surface area contributed by atoms with Gasteiger partial charge >= 0.3 is 5.97 Å². The van der Waals surface area contributed by atoms with E-state index in [-0.39, 0.29) is 0 Å². The molecule has 0 aliphatic rings. The average molecular weight is 159 g/mol. The smallest absolute Gasteiger partial charge is 0.320 e. The second-order valence-electron chi connectivity index (χ2n) is 1.82. The Morgan fingerprint density at radius 1 is 1.82 bits per heavy atom. The third-order valence-electron chi connectivity index (χ3n) is 0.646. The second kappa shape index (κ2) is 8.88. The van der Waals surface area contributed by atoms with Crippen molar-refractivity contribution in [2.75, 3.05) is 6.54 Å². The molecule has 0 spiro atoms. The van der Waals surface area contributed by atoms with Crippen molar-refractivity contribution in [3.63, 3.8) is 0 Å². The lowest BCUT2D eigenvalue weighted by molar-refractivity contribution is -0.138. The molecule has 1 unspecified atom stereocenters. The number of rotatable bonds is 2. The van der Waals surface area contributed by atoms with Gasteiger partial charge in [0.2, 0.25) is 0 Å². The number of nitrogens with zero attached hydrogens (tertiary/aromatic N) is 1. The molecular weight excluding hydrogens is 146 g/mol. The van der Waals surface area contributed by atoms with Crippen molar-refractivity contribution in [1.82, 2.24) is 0 Å². The molecule has 0 aromatic heterocycles. The largest absolute Gasteiger partial charge is 0.480 e. The van der Waals surface area contributed by atoms with Crippen LogP contribution in [0.15, 0.2) is 0 Å². The second-order valence-corrected chi connectivity index (χ2v) is 1.82. The minimum absolute atomic E-state index is 0.472. The fourth-order valence-electron chi connectivity index (χ4n) is 0.0645. The van der Waals surface area contributed by atoms with Crippen molar-refractivity contribution < 1.29 is 9.90 Å². The summed E-state index contributed by atoms with van der Waals surface area (Å²) in [7, 11) is 0. The van der Waals surface area contributed by atoms with Crippen LogP contribution in [0.25, 0.3) is 0 Å². The Morgan fingerprint density at radius 2 is 2.18 bits per heavy atom. The minimum atomic E-state index is -0.963. The van der Waals surface area contributed by atoms with Gasteiger partial charge in [-0.1, -0.05) is 0 Å². The van der Waals surface area contributed by atoms with E-state index in [1.807, 2.05) is 6.07 Å². The molecule has 5 nitrogen and oxygen atoms in total. The van der Waals surface area contributed by atoms with E-state index in [0.29, 0.717) is 13.0 Å². The normalized spacial score (nSPS) is 10.4. The zero-order chi connectivity index (χ0) is 9.28. The maximum absolute atomic E-state index is 9.57. The molecule has 0 radical (unpaired) electrons. The summed E-state index contributed by atoms with van der Waals surface area (Å²) in [4.78, 5) is 9.57. The molecule has 5 heteroatoms. The topological polar surface area (TPSA) is 113 Å². The van der Waals surface area contributed by atoms with Crippen LogP contribution in [0.3, 0.4) is 0 Å². The number of hydrogen-bond acceptors (Lipinski definition) is 4. The minimum Gasteiger partial charge on any atom is -0.480 e. The van der Waals surface area contributed by atoms with Crippen LogP contribution in [-0.4, -0.2) is 23.7 Å². The molecular formula is C6H13N3O2. The van der Waals surface area contributed by atoms with Crippen LogP contribution >= 0.6 is 0 Å². The van der Waals surface area contributed by atoms with E-state index in [2.05, 4.69) is 0 Å². The van der Waals surface area contributed by atoms with Gasteiger partial charge in [0.1, 0.15) is 6.04 Å². The van der Waals surface area contributed by atoms with Gasteiger partial charge in [0.05, 0.1) is 6.07 Å². The van der Waals surface area contributed by atoms with E-state index in [1.165, 1.54) is 6.92 Å². The molecule has 0 saturated carbocycles. The Hall–Kier alpha value is -1.12. The van der Waals surface area contributed by atoms with Crippen LogP contribution in [0.2, 0.25) is 0 Å². The lowest BCUT2D eigenvalue weighted by Crippen LogP contribution is -2.25. The predicted molar refractivity (Wildman–Crippen MR) is 40.6 cm³/mol. The van der Waals surface area contributed by atoms with E-state index in [1.54, 1.807) is 0 Å². The van der Waals surface area contributed by atoms with Gasteiger partial charge in [0.25, 0.3) is 0 Å². The summed E-state index contributed by atoms with van der Waals surface area (Å²) >= 11 is 0. The summed E-state index contributed by atoms with van der Waals surface area (Å²) < 4.78 is 0. The Kier molecular flexibility index (Phi) is 10.1. The molecule has 5 N–H and O–H groups in total. The SMILES string of the molecule is CC(N)C(=O)O.N#CCCN. The van der Waals surface area contributed by atoms with Crippen LogP contribution in [0.5, 0.6) is 0 Å². The summed E-state index contributed by atoms with van der Waals surface area (Å²) in [5.74, 6) is -0.963. The Balaban J connectivity index is 0. The highest BCUT2D eigenvalue weighted by Crippen LogP contribution is 1.68. The van der Waals surface area contributed by atoms with Gasteiger partial charge in [0.15, 0.2) is 0 Å². The monoisotopic (exact) mass is 159 g/mol. The fraction of sp³-hybridized carbons (Fsp3) is 0.667. The van der Waals surface area contributed by atoms with Gasteiger partial charge in [-0.2, -0.15) is 5.26 Å². The van der Waals surface area contributed by atoms with Gasteiger partial charge in [-0.05, 0) is 6.92 Å². The molecule has 0 aliphatic heterocycles. The number of carboxylic acids is 1. The van der Waals surface area contributed by atoms with Crippen molar-refractivity contribution in [1.29, 1.82) is 5.26 Å². The molecule has 0 bridgehead atoms. The van der Waals surface area contributed by atoms with Crippen molar-refractivity contribution in [2.45, 2.75) is 19.4 Å². The summed E-state index contributed by atoms with van der Waals surface area (Å²) in [5.41, 5.74) is 9.75. The molecule has 64 valence electrons. The number of hydrogen-bond donors (Lipinski definition) is 3. The molecule has 0 amide bonds. The first-order valence-corrected chi connectivity index (χ1v) is 3.11. The number of carboxylic acid groups (broad SMARTS) is 1. The maximum atomic E-state index is 9.57. The van der Waals surface area contributed by atoms with Crippen LogP contribution in [-0.2, 0) is 4.79 Å². The zero-order valence-electron chi connectivity index (χ0n) is 6.45. The van der Waals surface area contributed by atoms with Crippen molar-refractivity contribution >= 4 is 5.97 Å². The number of carbonyl (C=O) groups is 1. The highest BCUT2D eigenvalue weighted by atomic mass is 16.4. The quantitative estimate of drug-likeness (QED) is 0.492. The molecule has 0 aromatic carbocycles. The van der Waals surface area contributed by atoms with E-state index >= 15 is 0 Å². The predicted octanol–water partition coefficient (Wildman–Crippen LogP) is -0.723. The molecule has 11 heavy (non-hydrogen) atoms. The number of nitriles is 1.